The predicted octanol–water partition coefficient (Wildman–Crippen LogP) is 1.26. The Kier molecular flexibility index (Phi) is 4.60. The van der Waals surface area contributed by atoms with E-state index in [-0.39, 0.29) is 0 Å². The summed E-state index contributed by atoms with van der Waals surface area (Å²) in [6, 6.07) is 3.76. The van der Waals surface area contributed by atoms with Crippen molar-refractivity contribution in [1.29, 1.82) is 0 Å². The molecule has 4 heterocycles. The summed E-state index contributed by atoms with van der Waals surface area (Å²) >= 11 is 0. The SMILES string of the molecule is c1cncc(-c2noc(CCNc3ncnc4c3CCNCC4)n2)c1. The minimum atomic E-state index is 0.560. The second-order valence-electron chi connectivity index (χ2n) is 5.83. The number of rotatable bonds is 5. The van der Waals surface area contributed by atoms with Crippen molar-refractivity contribution in [2.24, 2.45) is 0 Å². The first-order valence-corrected chi connectivity index (χ1v) is 8.40. The van der Waals surface area contributed by atoms with E-state index in [1.54, 1.807) is 18.7 Å². The van der Waals surface area contributed by atoms with E-state index in [9.17, 15) is 0 Å². The van der Waals surface area contributed by atoms with Gasteiger partial charge >= 0.3 is 0 Å². The summed E-state index contributed by atoms with van der Waals surface area (Å²) in [5.74, 6) is 2.05. The topological polar surface area (TPSA) is 102 Å². The summed E-state index contributed by atoms with van der Waals surface area (Å²) in [4.78, 5) is 17.3. The Labute approximate surface area is 145 Å². The van der Waals surface area contributed by atoms with Gasteiger partial charge in [0.2, 0.25) is 11.7 Å². The van der Waals surface area contributed by atoms with Crippen LogP contribution in [0.5, 0.6) is 0 Å². The molecule has 128 valence electrons. The third kappa shape index (κ3) is 3.63. The quantitative estimate of drug-likeness (QED) is 0.717. The van der Waals surface area contributed by atoms with Crippen LogP contribution in [0.4, 0.5) is 5.82 Å². The molecule has 3 aromatic heterocycles. The Morgan fingerprint density at radius 1 is 1.20 bits per heavy atom. The fraction of sp³-hybridized carbons (Fsp3) is 0.353. The zero-order valence-corrected chi connectivity index (χ0v) is 13.8. The largest absolute Gasteiger partial charge is 0.369 e. The minimum Gasteiger partial charge on any atom is -0.369 e. The van der Waals surface area contributed by atoms with Gasteiger partial charge in [0, 0.05) is 49.5 Å². The Hall–Kier alpha value is -2.87. The summed E-state index contributed by atoms with van der Waals surface area (Å²) in [5.41, 5.74) is 3.17. The van der Waals surface area contributed by atoms with Gasteiger partial charge in [-0.15, -0.1) is 0 Å². The first kappa shape index (κ1) is 15.6. The Morgan fingerprint density at radius 2 is 2.16 bits per heavy atom. The summed E-state index contributed by atoms with van der Waals surface area (Å²) in [6.45, 7) is 2.58. The summed E-state index contributed by atoms with van der Waals surface area (Å²) in [6.07, 6.45) is 7.56. The van der Waals surface area contributed by atoms with Crippen molar-refractivity contribution < 1.29 is 4.52 Å². The number of hydrogen-bond acceptors (Lipinski definition) is 8. The zero-order chi connectivity index (χ0) is 16.9. The van der Waals surface area contributed by atoms with Gasteiger partial charge in [-0.05, 0) is 25.1 Å². The second kappa shape index (κ2) is 7.35. The molecular weight excluding hydrogens is 318 g/mol. The Bertz CT molecular complexity index is 834. The molecule has 0 atom stereocenters. The molecule has 4 rings (SSSR count). The van der Waals surface area contributed by atoms with Crippen LogP contribution in [0, 0.1) is 0 Å². The molecule has 0 fully saturated rings. The molecule has 3 aromatic rings. The van der Waals surface area contributed by atoms with Crippen molar-refractivity contribution >= 4 is 5.82 Å². The number of nitrogens with zero attached hydrogens (tertiary/aromatic N) is 5. The molecule has 25 heavy (non-hydrogen) atoms. The molecule has 8 heteroatoms. The Morgan fingerprint density at radius 3 is 3.08 bits per heavy atom. The molecule has 0 radical (unpaired) electrons. The molecule has 0 saturated heterocycles. The molecule has 0 aromatic carbocycles. The van der Waals surface area contributed by atoms with Crippen LogP contribution in [0.2, 0.25) is 0 Å². The minimum absolute atomic E-state index is 0.560. The lowest BCUT2D eigenvalue weighted by molar-refractivity contribution is 0.381. The van der Waals surface area contributed by atoms with Gasteiger partial charge in [0.25, 0.3) is 0 Å². The fourth-order valence-corrected chi connectivity index (χ4v) is 2.88. The van der Waals surface area contributed by atoms with E-state index in [4.69, 9.17) is 4.52 Å². The summed E-state index contributed by atoms with van der Waals surface area (Å²) in [7, 11) is 0. The van der Waals surface area contributed by atoms with Gasteiger partial charge in [-0.3, -0.25) is 4.98 Å². The second-order valence-corrected chi connectivity index (χ2v) is 5.83. The summed E-state index contributed by atoms with van der Waals surface area (Å²) in [5, 5.41) is 10.8. The van der Waals surface area contributed by atoms with Gasteiger partial charge in [0.15, 0.2) is 0 Å². The average Bonchev–Trinajstić information content (AvgIpc) is 2.99. The molecule has 0 unspecified atom stereocenters. The first-order valence-electron chi connectivity index (χ1n) is 8.40. The molecule has 2 N–H and O–H groups in total. The van der Waals surface area contributed by atoms with Gasteiger partial charge in [0.1, 0.15) is 12.1 Å². The van der Waals surface area contributed by atoms with Crippen LogP contribution in [-0.4, -0.2) is 44.7 Å². The Balaban J connectivity index is 1.40. The molecule has 0 amide bonds. The molecular formula is C17H19N7O. The molecule has 0 spiro atoms. The van der Waals surface area contributed by atoms with Crippen molar-refractivity contribution in [3.63, 3.8) is 0 Å². The fourth-order valence-electron chi connectivity index (χ4n) is 2.88. The molecule has 1 aliphatic heterocycles. The highest BCUT2D eigenvalue weighted by atomic mass is 16.5. The molecule has 0 aliphatic carbocycles. The maximum atomic E-state index is 5.32. The highest BCUT2D eigenvalue weighted by Crippen LogP contribution is 2.18. The predicted molar refractivity (Wildman–Crippen MR) is 92.0 cm³/mol. The van der Waals surface area contributed by atoms with E-state index in [1.807, 2.05) is 12.1 Å². The van der Waals surface area contributed by atoms with Gasteiger partial charge in [0.05, 0.1) is 5.69 Å². The van der Waals surface area contributed by atoms with Crippen molar-refractivity contribution in [2.45, 2.75) is 19.3 Å². The van der Waals surface area contributed by atoms with Gasteiger partial charge in [-0.2, -0.15) is 4.98 Å². The molecule has 0 saturated carbocycles. The number of anilines is 1. The first-order chi connectivity index (χ1) is 12.4. The third-order valence-electron chi connectivity index (χ3n) is 4.14. The van der Waals surface area contributed by atoms with Crippen LogP contribution in [0.15, 0.2) is 35.4 Å². The molecule has 8 nitrogen and oxygen atoms in total. The van der Waals surface area contributed by atoms with E-state index in [1.165, 1.54) is 5.56 Å². The summed E-state index contributed by atoms with van der Waals surface area (Å²) < 4.78 is 5.32. The van der Waals surface area contributed by atoms with Gasteiger partial charge < -0.3 is 15.2 Å². The van der Waals surface area contributed by atoms with E-state index < -0.39 is 0 Å². The maximum absolute atomic E-state index is 5.32. The zero-order valence-electron chi connectivity index (χ0n) is 13.8. The maximum Gasteiger partial charge on any atom is 0.228 e. The number of fused-ring (bicyclic) bond motifs is 1. The molecule has 0 bridgehead atoms. The van der Waals surface area contributed by atoms with Gasteiger partial charge in [-0.25, -0.2) is 9.97 Å². The normalized spacial score (nSPS) is 13.9. The lowest BCUT2D eigenvalue weighted by Crippen LogP contribution is -2.16. The van der Waals surface area contributed by atoms with Crippen LogP contribution >= 0.6 is 0 Å². The number of nitrogens with one attached hydrogen (secondary N) is 2. The smallest absolute Gasteiger partial charge is 0.228 e. The van der Waals surface area contributed by atoms with E-state index in [2.05, 4.69) is 35.7 Å². The highest BCUT2D eigenvalue weighted by molar-refractivity contribution is 5.52. The number of hydrogen-bond donors (Lipinski definition) is 2. The van der Waals surface area contributed by atoms with Crippen molar-refractivity contribution in [1.82, 2.24) is 30.4 Å². The number of aromatic nitrogens is 5. The van der Waals surface area contributed by atoms with Crippen LogP contribution < -0.4 is 10.6 Å². The van der Waals surface area contributed by atoms with Crippen molar-refractivity contribution in [2.75, 3.05) is 25.0 Å². The lowest BCUT2D eigenvalue weighted by atomic mass is 10.1. The monoisotopic (exact) mass is 337 g/mol. The lowest BCUT2D eigenvalue weighted by Gasteiger charge is -2.11. The van der Waals surface area contributed by atoms with E-state index >= 15 is 0 Å². The number of pyridine rings is 1. The average molecular weight is 337 g/mol. The van der Waals surface area contributed by atoms with Gasteiger partial charge in [-0.1, -0.05) is 5.16 Å². The van der Waals surface area contributed by atoms with Crippen LogP contribution in [0.3, 0.4) is 0 Å². The highest BCUT2D eigenvalue weighted by Gasteiger charge is 2.14. The third-order valence-corrected chi connectivity index (χ3v) is 4.14. The van der Waals surface area contributed by atoms with Crippen LogP contribution in [0.25, 0.3) is 11.4 Å². The molecule has 1 aliphatic rings. The van der Waals surface area contributed by atoms with Crippen LogP contribution in [0.1, 0.15) is 17.1 Å². The van der Waals surface area contributed by atoms with E-state index in [0.29, 0.717) is 24.7 Å². The van der Waals surface area contributed by atoms with Crippen molar-refractivity contribution in [3.05, 3.63) is 48.0 Å². The standard InChI is InChI=1S/C17H19N7O/c1-2-12(10-19-6-1)16-23-15(25-24-16)5-9-20-17-13-3-7-18-8-4-14(13)21-11-22-17/h1-2,6,10-11,18H,3-5,7-9H2,(H,20,21,22). The van der Waals surface area contributed by atoms with Crippen LogP contribution in [-0.2, 0) is 19.3 Å². The van der Waals surface area contributed by atoms with Crippen molar-refractivity contribution in [3.8, 4) is 11.4 Å². The van der Waals surface area contributed by atoms with E-state index in [0.717, 1.165) is 43.0 Å².